The van der Waals surface area contributed by atoms with Crippen molar-refractivity contribution in [3.05, 3.63) is 51.5 Å². The first-order valence-corrected chi connectivity index (χ1v) is 9.02. The highest BCUT2D eigenvalue weighted by Crippen LogP contribution is 2.27. The van der Waals surface area contributed by atoms with Crippen LogP contribution in [-0.4, -0.2) is 33.4 Å². The molecule has 7 heteroatoms. The molecule has 1 atom stereocenters. The van der Waals surface area contributed by atoms with Crippen molar-refractivity contribution in [3.8, 4) is 0 Å². The SMILES string of the molecule is Cc1nc(CCN(Cc2cccc(Cl)c2Cl)[C@H](C(N)=O)C(C)C)c[nH]1. The minimum atomic E-state index is -0.393. The number of aromatic nitrogens is 2. The Balaban J connectivity index is 2.24. The Kier molecular flexibility index (Phi) is 6.87. The number of nitrogens with two attached hydrogens (primary N) is 1. The minimum Gasteiger partial charge on any atom is -0.368 e. The number of aromatic amines is 1. The van der Waals surface area contributed by atoms with Gasteiger partial charge in [0.1, 0.15) is 5.82 Å². The molecular weight excluding hydrogens is 359 g/mol. The van der Waals surface area contributed by atoms with Gasteiger partial charge in [-0.05, 0) is 24.5 Å². The first-order valence-electron chi connectivity index (χ1n) is 8.26. The number of rotatable bonds is 8. The van der Waals surface area contributed by atoms with Gasteiger partial charge in [-0.3, -0.25) is 9.69 Å². The van der Waals surface area contributed by atoms with Crippen LogP contribution in [0.5, 0.6) is 0 Å². The average molecular weight is 383 g/mol. The standard InChI is InChI=1S/C18H24Cl2N4O/c1-11(2)17(18(21)25)24(8-7-14-9-22-12(3)23-14)10-13-5-4-6-15(19)16(13)20/h4-6,9,11,17H,7-8,10H2,1-3H3,(H2,21,25)(H,22,23)/t17-/m0/s1. The molecule has 0 radical (unpaired) electrons. The number of hydrogen-bond donors (Lipinski definition) is 2. The molecule has 1 aromatic carbocycles. The van der Waals surface area contributed by atoms with Crippen LogP contribution in [0.15, 0.2) is 24.4 Å². The van der Waals surface area contributed by atoms with Gasteiger partial charge in [-0.2, -0.15) is 0 Å². The van der Waals surface area contributed by atoms with Crippen LogP contribution in [0.2, 0.25) is 10.0 Å². The molecule has 136 valence electrons. The van der Waals surface area contributed by atoms with Gasteiger partial charge in [-0.1, -0.05) is 49.2 Å². The van der Waals surface area contributed by atoms with E-state index in [2.05, 4.69) is 14.9 Å². The molecule has 0 fully saturated rings. The fraction of sp³-hybridized carbons (Fsp3) is 0.444. The number of carbonyl (C=O) groups excluding carboxylic acids is 1. The van der Waals surface area contributed by atoms with Crippen LogP contribution in [0.3, 0.4) is 0 Å². The summed E-state index contributed by atoms with van der Waals surface area (Å²) in [5.74, 6) is 0.609. The second kappa shape index (κ2) is 8.70. The van der Waals surface area contributed by atoms with E-state index in [1.165, 1.54) is 0 Å². The summed E-state index contributed by atoms with van der Waals surface area (Å²) in [4.78, 5) is 21.6. The zero-order chi connectivity index (χ0) is 18.6. The molecule has 0 aliphatic rings. The van der Waals surface area contributed by atoms with E-state index >= 15 is 0 Å². The lowest BCUT2D eigenvalue weighted by molar-refractivity contribution is -0.125. The zero-order valence-electron chi connectivity index (χ0n) is 14.7. The lowest BCUT2D eigenvalue weighted by Crippen LogP contribution is -2.48. The van der Waals surface area contributed by atoms with Gasteiger partial charge >= 0.3 is 0 Å². The first-order chi connectivity index (χ1) is 11.8. The lowest BCUT2D eigenvalue weighted by Gasteiger charge is -2.32. The smallest absolute Gasteiger partial charge is 0.235 e. The molecule has 0 unspecified atom stereocenters. The van der Waals surface area contributed by atoms with Crippen molar-refractivity contribution in [2.75, 3.05) is 6.54 Å². The van der Waals surface area contributed by atoms with Crippen LogP contribution >= 0.6 is 23.2 Å². The van der Waals surface area contributed by atoms with E-state index in [9.17, 15) is 4.79 Å². The van der Waals surface area contributed by atoms with Crippen LogP contribution in [0, 0.1) is 12.8 Å². The van der Waals surface area contributed by atoms with E-state index in [4.69, 9.17) is 28.9 Å². The summed E-state index contributed by atoms with van der Waals surface area (Å²) in [5.41, 5.74) is 7.50. The molecule has 0 saturated heterocycles. The predicted octanol–water partition coefficient (Wildman–Crippen LogP) is 3.58. The number of hydrogen-bond acceptors (Lipinski definition) is 3. The van der Waals surface area contributed by atoms with Crippen LogP contribution in [0.4, 0.5) is 0 Å². The van der Waals surface area contributed by atoms with E-state index in [-0.39, 0.29) is 11.8 Å². The quantitative estimate of drug-likeness (QED) is 0.732. The van der Waals surface area contributed by atoms with Crippen molar-refractivity contribution in [2.24, 2.45) is 11.7 Å². The average Bonchev–Trinajstić information content (AvgIpc) is 2.94. The first kappa shape index (κ1) is 19.8. The van der Waals surface area contributed by atoms with Crippen LogP contribution in [0.25, 0.3) is 0 Å². The number of nitrogens with zero attached hydrogens (tertiary/aromatic N) is 2. The van der Waals surface area contributed by atoms with Gasteiger partial charge < -0.3 is 10.7 Å². The molecule has 25 heavy (non-hydrogen) atoms. The molecule has 2 rings (SSSR count). The zero-order valence-corrected chi connectivity index (χ0v) is 16.2. The molecule has 0 saturated carbocycles. The van der Waals surface area contributed by atoms with Gasteiger partial charge in [0.2, 0.25) is 5.91 Å². The monoisotopic (exact) mass is 382 g/mol. The van der Waals surface area contributed by atoms with Gasteiger partial charge in [-0.15, -0.1) is 0 Å². The topological polar surface area (TPSA) is 75.0 Å². The number of H-pyrrole nitrogens is 1. The summed E-state index contributed by atoms with van der Waals surface area (Å²) >= 11 is 12.5. The van der Waals surface area contributed by atoms with Crippen LogP contribution in [-0.2, 0) is 17.8 Å². The number of carbonyl (C=O) groups is 1. The van der Waals surface area contributed by atoms with Crippen molar-refractivity contribution >= 4 is 29.1 Å². The second-order valence-corrected chi connectivity index (χ2v) is 7.29. The molecule has 0 bridgehead atoms. The van der Waals surface area contributed by atoms with Gasteiger partial charge in [0.15, 0.2) is 0 Å². The van der Waals surface area contributed by atoms with Crippen molar-refractivity contribution in [1.82, 2.24) is 14.9 Å². The van der Waals surface area contributed by atoms with Crippen LogP contribution in [0.1, 0.15) is 30.9 Å². The minimum absolute atomic E-state index is 0.0800. The number of halogens is 2. The largest absolute Gasteiger partial charge is 0.368 e. The summed E-state index contributed by atoms with van der Waals surface area (Å²) in [5, 5.41) is 1.01. The Hall–Kier alpha value is -1.56. The molecule has 0 aliphatic carbocycles. The highest BCUT2D eigenvalue weighted by atomic mass is 35.5. The van der Waals surface area contributed by atoms with Crippen molar-refractivity contribution < 1.29 is 4.79 Å². The summed E-state index contributed by atoms with van der Waals surface area (Å²) in [6.07, 6.45) is 2.59. The molecule has 2 aromatic rings. The third-order valence-electron chi connectivity index (χ3n) is 4.14. The number of benzene rings is 1. The highest BCUT2D eigenvalue weighted by molar-refractivity contribution is 6.42. The molecule has 0 spiro atoms. The van der Waals surface area contributed by atoms with Gasteiger partial charge in [0.05, 0.1) is 21.8 Å². The summed E-state index contributed by atoms with van der Waals surface area (Å²) in [6, 6.07) is 5.12. The number of aryl methyl sites for hydroxylation is 1. The van der Waals surface area contributed by atoms with E-state index in [1.807, 2.05) is 39.1 Å². The number of nitrogens with one attached hydrogen (secondary N) is 1. The Labute approximate surface area is 158 Å². The van der Waals surface area contributed by atoms with Crippen LogP contribution < -0.4 is 5.73 Å². The van der Waals surface area contributed by atoms with Crippen molar-refractivity contribution in [2.45, 2.75) is 39.8 Å². The van der Waals surface area contributed by atoms with Crippen molar-refractivity contribution in [1.29, 1.82) is 0 Å². The molecule has 1 heterocycles. The molecule has 3 N–H and O–H groups in total. The molecule has 5 nitrogen and oxygen atoms in total. The van der Waals surface area contributed by atoms with Crippen molar-refractivity contribution in [3.63, 3.8) is 0 Å². The molecule has 0 aliphatic heterocycles. The number of amides is 1. The second-order valence-electron chi connectivity index (χ2n) is 6.50. The summed E-state index contributed by atoms with van der Waals surface area (Å²) in [6.45, 7) is 7.02. The maximum atomic E-state index is 12.0. The normalized spacial score (nSPS) is 12.8. The summed E-state index contributed by atoms with van der Waals surface area (Å²) in [7, 11) is 0. The van der Waals surface area contributed by atoms with Gasteiger partial charge in [0, 0.05) is 25.7 Å². The maximum absolute atomic E-state index is 12.0. The van der Waals surface area contributed by atoms with E-state index in [0.717, 1.165) is 17.1 Å². The fourth-order valence-corrected chi connectivity index (χ4v) is 3.37. The fourth-order valence-electron chi connectivity index (χ4n) is 2.99. The number of imidazole rings is 1. The molecular formula is C18H24Cl2N4O. The van der Waals surface area contributed by atoms with E-state index < -0.39 is 6.04 Å². The Morgan fingerprint density at radius 2 is 2.08 bits per heavy atom. The van der Waals surface area contributed by atoms with E-state index in [1.54, 1.807) is 6.07 Å². The van der Waals surface area contributed by atoms with Gasteiger partial charge in [0.25, 0.3) is 0 Å². The van der Waals surface area contributed by atoms with E-state index in [0.29, 0.717) is 29.6 Å². The Morgan fingerprint density at radius 1 is 1.36 bits per heavy atom. The van der Waals surface area contributed by atoms with Gasteiger partial charge in [-0.25, -0.2) is 4.98 Å². The summed E-state index contributed by atoms with van der Waals surface area (Å²) < 4.78 is 0. The maximum Gasteiger partial charge on any atom is 0.235 e. The Bertz CT molecular complexity index is 730. The Morgan fingerprint density at radius 3 is 2.64 bits per heavy atom. The molecule has 1 amide bonds. The predicted molar refractivity (Wildman–Crippen MR) is 102 cm³/mol. The third-order valence-corrected chi connectivity index (χ3v) is 4.99. The lowest BCUT2D eigenvalue weighted by atomic mass is 10.0. The molecule has 1 aromatic heterocycles. The third kappa shape index (κ3) is 5.21. The highest BCUT2D eigenvalue weighted by Gasteiger charge is 2.27. The number of primary amides is 1.